The molecule has 1 unspecified atom stereocenters. The van der Waals surface area contributed by atoms with E-state index in [2.05, 4.69) is 20.2 Å². The van der Waals surface area contributed by atoms with Gasteiger partial charge in [-0.05, 0) is 105 Å². The van der Waals surface area contributed by atoms with Gasteiger partial charge < -0.3 is 14.4 Å². The molecule has 4 amide bonds. The van der Waals surface area contributed by atoms with Crippen molar-refractivity contribution in [3.8, 4) is 22.8 Å². The standard InChI is InChI=1S/C42H39F3N6O6/c43-33-17-26(25-1-3-29-32-21-46-11-7-34(32)50(42(44)45)36(29)18-25)20-47-39(33)57-28-15-24(16-28)22-49-12-8-23(9-13-49)10-14-56-27-2-4-30-31(19-27)41(55)51(40(30)54)35-5-6-37(52)48-38(35)53/h1-4,7,11,17-21,23-24,28,35,42H,5-6,8-10,12-16,22H2,(H,48,52,53)/t24-,28-,35?. The van der Waals surface area contributed by atoms with E-state index < -0.39 is 42.0 Å². The molecule has 57 heavy (non-hydrogen) atoms. The first kappa shape index (κ1) is 36.8. The second-order valence-electron chi connectivity index (χ2n) is 15.4. The minimum atomic E-state index is -2.75. The number of hydrogen-bond acceptors (Lipinski definition) is 9. The van der Waals surface area contributed by atoms with E-state index >= 15 is 4.39 Å². The zero-order valence-electron chi connectivity index (χ0n) is 30.8. The molecule has 2 aromatic carbocycles. The van der Waals surface area contributed by atoms with Crippen LogP contribution in [0.1, 0.15) is 72.2 Å². The molecule has 3 fully saturated rings. The molecule has 1 atom stereocenters. The first-order valence-electron chi connectivity index (χ1n) is 19.3. The van der Waals surface area contributed by atoms with Crippen LogP contribution in [0.3, 0.4) is 0 Å². The Balaban J connectivity index is 0.716. The lowest BCUT2D eigenvalue weighted by molar-refractivity contribution is -0.136. The highest BCUT2D eigenvalue weighted by Gasteiger charge is 2.45. The molecule has 294 valence electrons. The predicted octanol–water partition coefficient (Wildman–Crippen LogP) is 6.53. The molecule has 9 rings (SSSR count). The number of benzene rings is 2. The molecule has 6 heterocycles. The number of pyridine rings is 2. The summed E-state index contributed by atoms with van der Waals surface area (Å²) in [4.78, 5) is 61.7. The van der Waals surface area contributed by atoms with E-state index in [1.165, 1.54) is 18.5 Å². The SMILES string of the molecule is O=C1CCC(N2C(=O)c3ccc(OCCC4CCN(C[C@H]5C[C@H](Oc6ncc(-c7ccc8c9cnccc9n(C(F)F)c8c7)cc6F)C5)CC4)cc3C2=O)C(=O)N1. The number of halogens is 3. The summed E-state index contributed by atoms with van der Waals surface area (Å²) < 4.78 is 56.2. The number of hydrogen-bond donors (Lipinski definition) is 1. The normalized spacial score (nSPS) is 21.7. The summed E-state index contributed by atoms with van der Waals surface area (Å²) in [5.41, 5.74) is 2.16. The van der Waals surface area contributed by atoms with Crippen LogP contribution in [-0.4, -0.2) is 86.4 Å². The summed E-state index contributed by atoms with van der Waals surface area (Å²) in [6.07, 6.45) is 9.12. The van der Waals surface area contributed by atoms with Gasteiger partial charge in [-0.15, -0.1) is 0 Å². The number of aromatic nitrogens is 3. The van der Waals surface area contributed by atoms with Crippen molar-refractivity contribution in [2.45, 2.75) is 63.6 Å². The maximum Gasteiger partial charge on any atom is 0.319 e. The van der Waals surface area contributed by atoms with Crippen LogP contribution in [0.5, 0.6) is 11.6 Å². The van der Waals surface area contributed by atoms with Crippen molar-refractivity contribution < 1.29 is 41.8 Å². The minimum Gasteiger partial charge on any atom is -0.494 e. The highest BCUT2D eigenvalue weighted by atomic mass is 19.3. The molecular formula is C42H39F3N6O6. The number of likely N-dealkylation sites (tertiary alicyclic amines) is 1. The number of carbonyl (C=O) groups is 4. The van der Waals surface area contributed by atoms with E-state index in [9.17, 15) is 28.0 Å². The summed E-state index contributed by atoms with van der Waals surface area (Å²) in [5.74, 6) is -1.41. The van der Waals surface area contributed by atoms with E-state index in [0.29, 0.717) is 57.1 Å². The van der Waals surface area contributed by atoms with Crippen molar-refractivity contribution in [1.82, 2.24) is 29.7 Å². The fourth-order valence-electron chi connectivity index (χ4n) is 8.74. The van der Waals surface area contributed by atoms with E-state index in [-0.39, 0.29) is 36.0 Å². The van der Waals surface area contributed by atoms with Crippen molar-refractivity contribution in [3.05, 3.63) is 84.1 Å². The smallest absolute Gasteiger partial charge is 0.319 e. The molecule has 1 saturated carbocycles. The summed E-state index contributed by atoms with van der Waals surface area (Å²) in [7, 11) is 0. The Hall–Kier alpha value is -5.83. The Labute approximate surface area is 324 Å². The largest absolute Gasteiger partial charge is 0.494 e. The van der Waals surface area contributed by atoms with Crippen LogP contribution < -0.4 is 14.8 Å². The second kappa shape index (κ2) is 14.9. The number of carbonyl (C=O) groups excluding carboxylic acids is 4. The second-order valence-corrected chi connectivity index (χ2v) is 15.4. The van der Waals surface area contributed by atoms with Crippen LogP contribution in [0.2, 0.25) is 0 Å². The molecular weight excluding hydrogens is 741 g/mol. The van der Waals surface area contributed by atoms with E-state index in [4.69, 9.17) is 9.47 Å². The van der Waals surface area contributed by atoms with Crippen molar-refractivity contribution in [3.63, 3.8) is 0 Å². The fraction of sp³-hybridized carbons (Fsp3) is 0.381. The number of ether oxygens (including phenoxy) is 2. The minimum absolute atomic E-state index is 0.0618. The van der Waals surface area contributed by atoms with E-state index in [1.807, 2.05) is 0 Å². The summed E-state index contributed by atoms with van der Waals surface area (Å²) in [6, 6.07) is 11.8. The molecule has 4 aliphatic rings. The van der Waals surface area contributed by atoms with E-state index in [0.717, 1.165) is 61.2 Å². The number of amides is 4. The average molecular weight is 781 g/mol. The van der Waals surface area contributed by atoms with Gasteiger partial charge in [0, 0.05) is 47.9 Å². The number of imide groups is 2. The van der Waals surface area contributed by atoms with Crippen LogP contribution in [0, 0.1) is 17.7 Å². The number of piperidine rings is 2. The van der Waals surface area contributed by atoms with Gasteiger partial charge in [-0.25, -0.2) is 9.37 Å². The third-order valence-electron chi connectivity index (χ3n) is 11.8. The molecule has 0 spiro atoms. The summed E-state index contributed by atoms with van der Waals surface area (Å²) >= 11 is 0. The Kier molecular flexibility index (Phi) is 9.63. The van der Waals surface area contributed by atoms with Gasteiger partial charge in [-0.2, -0.15) is 8.78 Å². The summed E-state index contributed by atoms with van der Waals surface area (Å²) in [5, 5.41) is 3.47. The van der Waals surface area contributed by atoms with Crippen LogP contribution in [0.4, 0.5) is 13.2 Å². The topological polar surface area (TPSA) is 136 Å². The predicted molar refractivity (Wildman–Crippen MR) is 201 cm³/mol. The number of fused-ring (bicyclic) bond motifs is 4. The number of alkyl halides is 2. The Morgan fingerprint density at radius 3 is 2.42 bits per heavy atom. The lowest BCUT2D eigenvalue weighted by Gasteiger charge is -2.40. The molecule has 15 heteroatoms. The molecule has 0 bridgehead atoms. The van der Waals surface area contributed by atoms with Crippen molar-refractivity contribution >= 4 is 45.4 Å². The fourth-order valence-corrected chi connectivity index (χ4v) is 8.74. The zero-order chi connectivity index (χ0) is 39.4. The third kappa shape index (κ3) is 6.98. The lowest BCUT2D eigenvalue weighted by Crippen LogP contribution is -2.54. The molecule has 3 aromatic heterocycles. The van der Waals surface area contributed by atoms with Gasteiger partial charge in [0.25, 0.3) is 17.7 Å². The number of nitrogens with one attached hydrogen (secondary N) is 1. The molecule has 2 saturated heterocycles. The third-order valence-corrected chi connectivity index (χ3v) is 11.8. The molecule has 1 N–H and O–H groups in total. The van der Waals surface area contributed by atoms with Crippen LogP contribution in [0.15, 0.2) is 67.1 Å². The van der Waals surface area contributed by atoms with Gasteiger partial charge in [0.1, 0.15) is 17.9 Å². The molecule has 3 aliphatic heterocycles. The van der Waals surface area contributed by atoms with E-state index in [1.54, 1.807) is 48.7 Å². The Morgan fingerprint density at radius 2 is 1.65 bits per heavy atom. The molecule has 12 nitrogen and oxygen atoms in total. The monoisotopic (exact) mass is 780 g/mol. The molecule has 5 aromatic rings. The summed E-state index contributed by atoms with van der Waals surface area (Å²) in [6.45, 7) is 0.598. The van der Waals surface area contributed by atoms with Crippen molar-refractivity contribution in [2.75, 3.05) is 26.2 Å². The van der Waals surface area contributed by atoms with Gasteiger partial charge in [-0.3, -0.25) is 38.9 Å². The van der Waals surface area contributed by atoms with Gasteiger partial charge in [0.2, 0.25) is 11.8 Å². The highest BCUT2D eigenvalue weighted by molar-refractivity contribution is 6.23. The molecule has 1 aliphatic carbocycles. The van der Waals surface area contributed by atoms with Crippen LogP contribution in [0.25, 0.3) is 32.9 Å². The van der Waals surface area contributed by atoms with Gasteiger partial charge in [0.05, 0.1) is 28.8 Å². The number of nitrogens with zero attached hydrogens (tertiary/aromatic N) is 5. The first-order chi connectivity index (χ1) is 27.6. The Morgan fingerprint density at radius 1 is 0.842 bits per heavy atom. The first-order valence-corrected chi connectivity index (χ1v) is 19.3. The van der Waals surface area contributed by atoms with Crippen molar-refractivity contribution in [2.24, 2.45) is 11.8 Å². The number of rotatable bonds is 11. The maximum atomic E-state index is 15.2. The average Bonchev–Trinajstić information content (AvgIpc) is 3.65. The Bertz CT molecular complexity index is 2420. The highest BCUT2D eigenvalue weighted by Crippen LogP contribution is 2.37. The van der Waals surface area contributed by atoms with Gasteiger partial charge >= 0.3 is 6.55 Å². The maximum absolute atomic E-state index is 15.2. The molecule has 0 radical (unpaired) electrons. The van der Waals surface area contributed by atoms with Crippen LogP contribution >= 0.6 is 0 Å². The van der Waals surface area contributed by atoms with Crippen molar-refractivity contribution in [1.29, 1.82) is 0 Å². The van der Waals surface area contributed by atoms with Gasteiger partial charge in [0.15, 0.2) is 5.82 Å². The van der Waals surface area contributed by atoms with Crippen LogP contribution in [-0.2, 0) is 9.59 Å². The quantitative estimate of drug-likeness (QED) is 0.149. The van der Waals surface area contributed by atoms with Gasteiger partial charge in [-0.1, -0.05) is 12.1 Å². The zero-order valence-corrected chi connectivity index (χ0v) is 30.8. The lowest BCUT2D eigenvalue weighted by atomic mass is 9.81.